The van der Waals surface area contributed by atoms with E-state index in [1.807, 2.05) is 19.1 Å². The zero-order chi connectivity index (χ0) is 24.9. The second-order valence-corrected chi connectivity index (χ2v) is 9.55. The van der Waals surface area contributed by atoms with Crippen LogP contribution in [0.1, 0.15) is 17.5 Å². The van der Waals surface area contributed by atoms with Crippen molar-refractivity contribution in [2.75, 3.05) is 58.8 Å². The molecule has 10 heteroatoms. The van der Waals surface area contributed by atoms with Crippen molar-refractivity contribution >= 4 is 45.5 Å². The molecule has 1 aliphatic rings. The Bertz CT molecular complexity index is 1260. The highest BCUT2D eigenvalue weighted by Crippen LogP contribution is 2.38. The number of anilines is 2. The summed E-state index contributed by atoms with van der Waals surface area (Å²) in [7, 11) is 3.70. The number of fused-ring (bicyclic) bond motifs is 1. The van der Waals surface area contributed by atoms with Crippen LogP contribution in [0, 0.1) is 18.3 Å². The zero-order valence-electron chi connectivity index (χ0n) is 20.7. The highest BCUT2D eigenvalue weighted by molar-refractivity contribution is 6.37. The van der Waals surface area contributed by atoms with Gasteiger partial charge in [0.2, 0.25) is 0 Å². The second-order valence-electron chi connectivity index (χ2n) is 8.73. The summed E-state index contributed by atoms with van der Waals surface area (Å²) < 4.78 is 11.4. The van der Waals surface area contributed by atoms with Crippen LogP contribution in [0.4, 0.5) is 11.4 Å². The lowest BCUT2D eigenvalue weighted by molar-refractivity contribution is 0.145. The standard InChI is InChI=1S/C26H29Cl2N5O2.H2O/c1-17-11-19-22(13-24(17)35-10-4-5-33-8-6-32(2)7-9-33)30-16-18(15-29)26(19)31-23-14-25(34-3)21(28)12-20(23)27;/h11-14,16H,4-10H2,1-3H3,(H,30,31);1H2. The normalized spacial score (nSPS) is 14.2. The van der Waals surface area contributed by atoms with E-state index in [4.69, 9.17) is 32.7 Å². The number of halogens is 2. The average Bonchev–Trinajstić information content (AvgIpc) is 2.85. The Morgan fingerprint density at radius 2 is 1.83 bits per heavy atom. The molecular weight excluding hydrogens is 501 g/mol. The van der Waals surface area contributed by atoms with Gasteiger partial charge < -0.3 is 30.1 Å². The summed E-state index contributed by atoms with van der Waals surface area (Å²) in [5, 5.41) is 14.6. The first-order valence-electron chi connectivity index (χ1n) is 11.6. The Hall–Kier alpha value is -2.80. The van der Waals surface area contributed by atoms with Crippen LogP contribution in [0.5, 0.6) is 11.5 Å². The highest BCUT2D eigenvalue weighted by atomic mass is 35.5. The van der Waals surface area contributed by atoms with Crippen molar-refractivity contribution in [3.05, 3.63) is 51.6 Å². The summed E-state index contributed by atoms with van der Waals surface area (Å²) in [6.45, 7) is 8.11. The molecule has 0 radical (unpaired) electrons. The summed E-state index contributed by atoms with van der Waals surface area (Å²) in [4.78, 5) is 9.34. The largest absolute Gasteiger partial charge is 0.495 e. The number of benzene rings is 2. The van der Waals surface area contributed by atoms with Gasteiger partial charge in [0, 0.05) is 56.4 Å². The maximum Gasteiger partial charge on any atom is 0.139 e. The van der Waals surface area contributed by atoms with Crippen LogP contribution < -0.4 is 14.8 Å². The first-order chi connectivity index (χ1) is 16.9. The van der Waals surface area contributed by atoms with Crippen LogP contribution in [-0.4, -0.2) is 73.7 Å². The monoisotopic (exact) mass is 531 g/mol. The maximum absolute atomic E-state index is 9.72. The Kier molecular flexibility index (Phi) is 9.60. The van der Waals surface area contributed by atoms with Crippen LogP contribution in [0.25, 0.3) is 10.9 Å². The van der Waals surface area contributed by atoms with Crippen molar-refractivity contribution in [1.29, 1.82) is 5.26 Å². The molecule has 0 atom stereocenters. The molecule has 3 N–H and O–H groups in total. The number of aryl methyl sites for hydroxylation is 1. The number of aromatic nitrogens is 1. The Labute approximate surface area is 221 Å². The predicted octanol–water partition coefficient (Wildman–Crippen LogP) is 4.67. The number of methoxy groups -OCH3 is 1. The van der Waals surface area contributed by atoms with Gasteiger partial charge in [-0.1, -0.05) is 23.2 Å². The molecule has 0 saturated carbocycles. The van der Waals surface area contributed by atoms with Crippen molar-refractivity contribution in [3.63, 3.8) is 0 Å². The summed E-state index contributed by atoms with van der Waals surface area (Å²) in [6, 6.07) is 9.45. The van der Waals surface area contributed by atoms with Gasteiger partial charge in [0.05, 0.1) is 46.2 Å². The summed E-state index contributed by atoms with van der Waals surface area (Å²) in [5.41, 5.74) is 3.30. The van der Waals surface area contributed by atoms with Gasteiger partial charge in [-0.05, 0) is 38.1 Å². The summed E-state index contributed by atoms with van der Waals surface area (Å²) >= 11 is 12.6. The van der Waals surface area contributed by atoms with Crippen LogP contribution in [-0.2, 0) is 0 Å². The molecule has 0 aliphatic carbocycles. The molecule has 36 heavy (non-hydrogen) atoms. The van der Waals surface area contributed by atoms with Gasteiger partial charge >= 0.3 is 0 Å². The zero-order valence-corrected chi connectivity index (χ0v) is 22.2. The Balaban J connectivity index is 0.00000361. The van der Waals surface area contributed by atoms with E-state index < -0.39 is 0 Å². The number of likely N-dealkylation sites (N-methyl/N-ethyl adjacent to an activating group) is 1. The van der Waals surface area contributed by atoms with Gasteiger partial charge in [0.25, 0.3) is 0 Å². The summed E-state index contributed by atoms with van der Waals surface area (Å²) in [6.07, 6.45) is 2.52. The highest BCUT2D eigenvalue weighted by Gasteiger charge is 2.16. The van der Waals surface area contributed by atoms with E-state index in [9.17, 15) is 5.26 Å². The second kappa shape index (κ2) is 12.4. The molecule has 0 bridgehead atoms. The molecule has 0 spiro atoms. The average molecular weight is 532 g/mol. The molecular formula is C26H31Cl2N5O3. The third kappa shape index (κ3) is 6.30. The minimum atomic E-state index is 0. The van der Waals surface area contributed by atoms with Gasteiger partial charge in [0.15, 0.2) is 0 Å². The van der Waals surface area contributed by atoms with Gasteiger partial charge in [-0.3, -0.25) is 4.98 Å². The first-order valence-corrected chi connectivity index (χ1v) is 12.3. The van der Waals surface area contributed by atoms with Gasteiger partial charge in [-0.2, -0.15) is 5.26 Å². The number of nitrogens with zero attached hydrogens (tertiary/aromatic N) is 4. The van der Waals surface area contributed by atoms with Gasteiger partial charge in [0.1, 0.15) is 17.6 Å². The van der Waals surface area contributed by atoms with Crippen molar-refractivity contribution < 1.29 is 14.9 Å². The molecule has 2 aromatic carbocycles. The third-order valence-corrected chi connectivity index (χ3v) is 6.87. The molecule has 2 heterocycles. The van der Waals surface area contributed by atoms with Crippen LogP contribution in [0.3, 0.4) is 0 Å². The Morgan fingerprint density at radius 3 is 2.53 bits per heavy atom. The Morgan fingerprint density at radius 1 is 1.08 bits per heavy atom. The molecule has 0 unspecified atom stereocenters. The van der Waals surface area contributed by atoms with Crippen LogP contribution in [0.15, 0.2) is 30.5 Å². The van der Waals surface area contributed by atoms with E-state index in [0.717, 1.165) is 61.4 Å². The minimum absolute atomic E-state index is 0. The number of piperazine rings is 1. The van der Waals surface area contributed by atoms with Crippen molar-refractivity contribution in [3.8, 4) is 17.6 Å². The predicted molar refractivity (Wildman–Crippen MR) is 145 cm³/mol. The number of nitriles is 1. The molecule has 0 amide bonds. The third-order valence-electron chi connectivity index (χ3n) is 6.26. The molecule has 1 aromatic heterocycles. The van der Waals surface area contributed by atoms with Crippen molar-refractivity contribution in [1.82, 2.24) is 14.8 Å². The first kappa shape index (κ1) is 27.8. The van der Waals surface area contributed by atoms with Crippen molar-refractivity contribution in [2.45, 2.75) is 13.3 Å². The maximum atomic E-state index is 9.72. The smallest absolute Gasteiger partial charge is 0.139 e. The fraction of sp³-hybridized carbons (Fsp3) is 0.385. The summed E-state index contributed by atoms with van der Waals surface area (Å²) in [5.74, 6) is 1.28. The fourth-order valence-corrected chi connectivity index (χ4v) is 4.67. The van der Waals surface area contributed by atoms with E-state index in [1.54, 1.807) is 18.3 Å². The van der Waals surface area contributed by atoms with Crippen LogP contribution in [0.2, 0.25) is 10.0 Å². The number of hydrogen-bond acceptors (Lipinski definition) is 7. The number of rotatable bonds is 8. The van der Waals surface area contributed by atoms with E-state index in [-0.39, 0.29) is 5.48 Å². The molecule has 3 aromatic rings. The lowest BCUT2D eigenvalue weighted by Crippen LogP contribution is -2.44. The van der Waals surface area contributed by atoms with E-state index in [0.29, 0.717) is 39.3 Å². The van der Waals surface area contributed by atoms with Gasteiger partial charge in [-0.25, -0.2) is 0 Å². The molecule has 4 rings (SSSR count). The minimum Gasteiger partial charge on any atom is -0.495 e. The molecule has 1 saturated heterocycles. The SMILES string of the molecule is COc1cc(Nc2c(C#N)cnc3cc(OCCCN4CCN(C)CC4)c(C)cc23)c(Cl)cc1Cl.O. The van der Waals surface area contributed by atoms with E-state index in [1.165, 1.54) is 7.11 Å². The number of hydrogen-bond donors (Lipinski definition) is 1. The van der Waals surface area contributed by atoms with Crippen LogP contribution >= 0.6 is 23.2 Å². The van der Waals surface area contributed by atoms with E-state index in [2.05, 4.69) is 33.2 Å². The molecule has 8 nitrogen and oxygen atoms in total. The molecule has 1 aliphatic heterocycles. The fourth-order valence-electron chi connectivity index (χ4n) is 4.16. The van der Waals surface area contributed by atoms with E-state index >= 15 is 0 Å². The molecule has 1 fully saturated rings. The quantitative estimate of drug-likeness (QED) is 0.421. The van der Waals surface area contributed by atoms with Gasteiger partial charge in [-0.15, -0.1) is 0 Å². The number of ether oxygens (including phenoxy) is 2. The lowest BCUT2D eigenvalue weighted by atomic mass is 10.1. The number of pyridine rings is 1. The number of nitrogens with one attached hydrogen (secondary N) is 1. The topological polar surface area (TPSA) is 105 Å². The van der Waals surface area contributed by atoms with Crippen molar-refractivity contribution in [2.24, 2.45) is 0 Å². The molecule has 192 valence electrons. The lowest BCUT2D eigenvalue weighted by Gasteiger charge is -2.32.